The summed E-state index contributed by atoms with van der Waals surface area (Å²) in [6.45, 7) is 3.18. The molecular formula is C15H14ClIN2O. The number of pyridine rings is 1. The summed E-state index contributed by atoms with van der Waals surface area (Å²) in [5.41, 5.74) is 1.68. The molecule has 0 spiro atoms. The van der Waals surface area contributed by atoms with E-state index in [2.05, 4.69) is 27.6 Å². The van der Waals surface area contributed by atoms with Crippen LogP contribution in [-0.2, 0) is 6.54 Å². The van der Waals surface area contributed by atoms with Crippen LogP contribution < -0.4 is 0 Å². The summed E-state index contributed by atoms with van der Waals surface area (Å²) in [6, 6.07) is 9.22. The average molecular weight is 401 g/mol. The first-order chi connectivity index (χ1) is 9.61. The molecule has 0 saturated heterocycles. The number of halogens is 2. The molecule has 2 rings (SSSR count). The second-order valence-electron chi connectivity index (χ2n) is 4.30. The van der Waals surface area contributed by atoms with Crippen LogP contribution in [0.2, 0.25) is 5.02 Å². The van der Waals surface area contributed by atoms with Gasteiger partial charge in [0.1, 0.15) is 0 Å². The first-order valence-electron chi connectivity index (χ1n) is 6.25. The molecule has 0 aliphatic heterocycles. The summed E-state index contributed by atoms with van der Waals surface area (Å²) in [5.74, 6) is -0.0115. The van der Waals surface area contributed by atoms with E-state index >= 15 is 0 Å². The summed E-state index contributed by atoms with van der Waals surface area (Å²) in [7, 11) is 0. The Hall–Kier alpha value is -1.14. The fraction of sp³-hybridized carbons (Fsp3) is 0.200. The largest absolute Gasteiger partial charge is 0.335 e. The molecule has 0 bridgehead atoms. The Labute approximate surface area is 137 Å². The van der Waals surface area contributed by atoms with Gasteiger partial charge in [-0.15, -0.1) is 0 Å². The van der Waals surface area contributed by atoms with Crippen molar-refractivity contribution in [2.24, 2.45) is 0 Å². The van der Waals surface area contributed by atoms with Gasteiger partial charge >= 0.3 is 0 Å². The summed E-state index contributed by atoms with van der Waals surface area (Å²) in [5, 5.41) is 0.608. The van der Waals surface area contributed by atoms with E-state index in [0.29, 0.717) is 23.7 Å². The monoisotopic (exact) mass is 400 g/mol. The second kappa shape index (κ2) is 7.04. The summed E-state index contributed by atoms with van der Waals surface area (Å²) < 4.78 is 0.943. The quantitative estimate of drug-likeness (QED) is 0.727. The van der Waals surface area contributed by atoms with Crippen molar-refractivity contribution in [3.8, 4) is 0 Å². The van der Waals surface area contributed by atoms with Crippen molar-refractivity contribution in [2.75, 3.05) is 6.54 Å². The Bertz CT molecular complexity index is 604. The van der Waals surface area contributed by atoms with E-state index in [4.69, 9.17) is 11.6 Å². The van der Waals surface area contributed by atoms with Crippen molar-refractivity contribution < 1.29 is 4.79 Å². The van der Waals surface area contributed by atoms with E-state index < -0.39 is 0 Å². The standard InChI is InChI=1S/C15H14ClIN2O/c1-2-19(10-11-5-7-18-8-6-11)15(20)12-3-4-14(17)13(16)9-12/h3-9H,2,10H2,1H3. The van der Waals surface area contributed by atoms with Crippen LogP contribution in [0.4, 0.5) is 0 Å². The third kappa shape index (κ3) is 3.70. The predicted molar refractivity (Wildman–Crippen MR) is 88.8 cm³/mol. The highest BCUT2D eigenvalue weighted by molar-refractivity contribution is 14.1. The molecule has 0 atom stereocenters. The smallest absolute Gasteiger partial charge is 0.254 e. The lowest BCUT2D eigenvalue weighted by Crippen LogP contribution is -2.30. The van der Waals surface area contributed by atoms with Gasteiger partial charge in [-0.3, -0.25) is 9.78 Å². The maximum Gasteiger partial charge on any atom is 0.254 e. The van der Waals surface area contributed by atoms with Crippen molar-refractivity contribution in [3.05, 3.63) is 62.4 Å². The third-order valence-electron chi connectivity index (χ3n) is 2.96. The van der Waals surface area contributed by atoms with Crippen molar-refractivity contribution in [1.29, 1.82) is 0 Å². The van der Waals surface area contributed by atoms with Gasteiger partial charge in [0.25, 0.3) is 5.91 Å². The van der Waals surface area contributed by atoms with E-state index in [1.54, 1.807) is 23.4 Å². The molecule has 1 heterocycles. The number of carbonyl (C=O) groups excluding carboxylic acids is 1. The Morgan fingerprint density at radius 2 is 2.00 bits per heavy atom. The molecular weight excluding hydrogens is 387 g/mol. The molecule has 1 amide bonds. The normalized spacial score (nSPS) is 10.3. The van der Waals surface area contributed by atoms with Crippen LogP contribution in [0, 0.1) is 3.57 Å². The number of hydrogen-bond donors (Lipinski definition) is 0. The van der Waals surface area contributed by atoms with Crippen LogP contribution in [0.25, 0.3) is 0 Å². The number of amides is 1. The average Bonchev–Trinajstić information content (AvgIpc) is 2.48. The Morgan fingerprint density at radius 1 is 1.30 bits per heavy atom. The Kier molecular flexibility index (Phi) is 5.37. The fourth-order valence-electron chi connectivity index (χ4n) is 1.85. The topological polar surface area (TPSA) is 33.2 Å². The van der Waals surface area contributed by atoms with Gasteiger partial charge in [-0.05, 0) is 65.4 Å². The zero-order valence-corrected chi connectivity index (χ0v) is 13.9. The first kappa shape index (κ1) is 15.3. The van der Waals surface area contributed by atoms with Crippen LogP contribution in [0.15, 0.2) is 42.7 Å². The van der Waals surface area contributed by atoms with Crippen molar-refractivity contribution in [2.45, 2.75) is 13.5 Å². The maximum atomic E-state index is 12.5. The molecule has 20 heavy (non-hydrogen) atoms. The maximum absolute atomic E-state index is 12.5. The molecule has 0 aliphatic carbocycles. The lowest BCUT2D eigenvalue weighted by molar-refractivity contribution is 0.0752. The number of rotatable bonds is 4. The summed E-state index contributed by atoms with van der Waals surface area (Å²) in [6.07, 6.45) is 3.46. The molecule has 0 aliphatic rings. The predicted octanol–water partition coefficient (Wildman–Crippen LogP) is 4.00. The molecule has 0 N–H and O–H groups in total. The van der Waals surface area contributed by atoms with Gasteiger partial charge in [0.15, 0.2) is 0 Å². The zero-order valence-electron chi connectivity index (χ0n) is 11.0. The second-order valence-corrected chi connectivity index (χ2v) is 5.87. The van der Waals surface area contributed by atoms with Crippen LogP contribution >= 0.6 is 34.2 Å². The minimum Gasteiger partial charge on any atom is -0.335 e. The molecule has 5 heteroatoms. The lowest BCUT2D eigenvalue weighted by Gasteiger charge is -2.21. The van der Waals surface area contributed by atoms with Crippen molar-refractivity contribution in [3.63, 3.8) is 0 Å². The van der Waals surface area contributed by atoms with E-state index in [-0.39, 0.29) is 5.91 Å². The number of benzene rings is 1. The minimum atomic E-state index is -0.0115. The van der Waals surface area contributed by atoms with E-state index in [9.17, 15) is 4.79 Å². The van der Waals surface area contributed by atoms with E-state index in [0.717, 1.165) is 9.13 Å². The Morgan fingerprint density at radius 3 is 2.60 bits per heavy atom. The van der Waals surface area contributed by atoms with Gasteiger partial charge in [0.05, 0.1) is 5.02 Å². The third-order valence-corrected chi connectivity index (χ3v) is 4.53. The minimum absolute atomic E-state index is 0.0115. The van der Waals surface area contributed by atoms with Gasteiger partial charge in [-0.1, -0.05) is 11.6 Å². The molecule has 2 aromatic rings. The van der Waals surface area contributed by atoms with Gasteiger partial charge in [0.2, 0.25) is 0 Å². The Balaban J connectivity index is 2.18. The zero-order chi connectivity index (χ0) is 14.5. The highest BCUT2D eigenvalue weighted by atomic mass is 127. The van der Waals surface area contributed by atoms with Crippen LogP contribution in [0.1, 0.15) is 22.8 Å². The van der Waals surface area contributed by atoms with E-state index in [1.807, 2.05) is 31.2 Å². The highest BCUT2D eigenvalue weighted by Crippen LogP contribution is 2.21. The molecule has 0 radical (unpaired) electrons. The molecule has 0 unspecified atom stereocenters. The SMILES string of the molecule is CCN(Cc1ccncc1)C(=O)c1ccc(I)c(Cl)c1. The molecule has 104 valence electrons. The van der Waals surface area contributed by atoms with Crippen LogP contribution in [0.3, 0.4) is 0 Å². The van der Waals surface area contributed by atoms with Crippen molar-refractivity contribution >= 4 is 40.1 Å². The number of nitrogens with zero attached hydrogens (tertiary/aromatic N) is 2. The number of aromatic nitrogens is 1. The van der Waals surface area contributed by atoms with E-state index in [1.165, 1.54) is 0 Å². The first-order valence-corrected chi connectivity index (χ1v) is 7.70. The van der Waals surface area contributed by atoms with Crippen LogP contribution in [0.5, 0.6) is 0 Å². The fourth-order valence-corrected chi connectivity index (χ4v) is 2.36. The molecule has 0 saturated carbocycles. The molecule has 1 aromatic carbocycles. The molecule has 1 aromatic heterocycles. The molecule has 0 fully saturated rings. The van der Waals surface area contributed by atoms with Gasteiger partial charge in [-0.2, -0.15) is 0 Å². The lowest BCUT2D eigenvalue weighted by atomic mass is 10.1. The summed E-state index contributed by atoms with van der Waals surface area (Å²) in [4.78, 5) is 18.3. The van der Waals surface area contributed by atoms with Crippen LogP contribution in [-0.4, -0.2) is 22.3 Å². The number of hydrogen-bond acceptors (Lipinski definition) is 2. The summed E-state index contributed by atoms with van der Waals surface area (Å²) >= 11 is 8.23. The van der Waals surface area contributed by atoms with Crippen molar-refractivity contribution in [1.82, 2.24) is 9.88 Å². The molecule has 3 nitrogen and oxygen atoms in total. The van der Waals surface area contributed by atoms with Gasteiger partial charge < -0.3 is 4.90 Å². The highest BCUT2D eigenvalue weighted by Gasteiger charge is 2.15. The number of carbonyl (C=O) groups is 1. The van der Waals surface area contributed by atoms with Gasteiger partial charge in [0, 0.05) is 34.6 Å². The van der Waals surface area contributed by atoms with Gasteiger partial charge in [-0.25, -0.2) is 0 Å².